The Hall–Kier alpha value is -2.26. The summed E-state index contributed by atoms with van der Waals surface area (Å²) in [5, 5.41) is 0. The van der Waals surface area contributed by atoms with Crippen LogP contribution in [0.2, 0.25) is 0 Å². The van der Waals surface area contributed by atoms with E-state index in [0.717, 1.165) is 16.7 Å². The van der Waals surface area contributed by atoms with E-state index >= 15 is 0 Å². The second-order valence-corrected chi connectivity index (χ2v) is 6.02. The Labute approximate surface area is 143 Å². The molecule has 0 atom stereocenters. The molecule has 0 aromatic heterocycles. The first-order valence-electron chi connectivity index (χ1n) is 7.32. The maximum absolute atomic E-state index is 13.2. The van der Waals surface area contributed by atoms with Crippen LogP contribution in [0.4, 0.5) is 4.39 Å². The van der Waals surface area contributed by atoms with E-state index < -0.39 is 0 Å². The minimum atomic E-state index is -0.267. The standard InChI is InChI=1S/C20H15BrFN/c21-19-13-18(22)12-11-17(19)14-23-20(15-7-3-1-4-8-15)16-9-5-2-6-10-16/h1-14,20H/b23-14+. The maximum atomic E-state index is 13.2. The van der Waals surface area contributed by atoms with Crippen molar-refractivity contribution in [2.24, 2.45) is 4.99 Å². The van der Waals surface area contributed by atoms with Crippen molar-refractivity contribution in [3.05, 3.63) is 106 Å². The molecule has 0 bridgehead atoms. The Morgan fingerprint density at radius 1 is 0.826 bits per heavy atom. The molecule has 1 nitrogen and oxygen atoms in total. The van der Waals surface area contributed by atoms with E-state index in [9.17, 15) is 4.39 Å². The average molecular weight is 368 g/mol. The first-order chi connectivity index (χ1) is 11.2. The fraction of sp³-hybridized carbons (Fsp3) is 0.0500. The Morgan fingerprint density at radius 2 is 1.39 bits per heavy atom. The van der Waals surface area contributed by atoms with Crippen LogP contribution in [0.5, 0.6) is 0 Å². The number of nitrogens with zero attached hydrogens (tertiary/aromatic N) is 1. The molecule has 0 aliphatic heterocycles. The number of halogens is 2. The molecule has 3 aromatic rings. The molecule has 0 spiro atoms. The summed E-state index contributed by atoms with van der Waals surface area (Å²) in [5.41, 5.74) is 3.09. The summed E-state index contributed by atoms with van der Waals surface area (Å²) in [6.07, 6.45) is 1.79. The zero-order valence-electron chi connectivity index (χ0n) is 12.4. The Morgan fingerprint density at radius 3 is 1.91 bits per heavy atom. The third-order valence-electron chi connectivity index (χ3n) is 3.56. The van der Waals surface area contributed by atoms with E-state index in [2.05, 4.69) is 40.2 Å². The van der Waals surface area contributed by atoms with Gasteiger partial charge in [0.15, 0.2) is 0 Å². The highest BCUT2D eigenvalue weighted by Crippen LogP contribution is 2.26. The second-order valence-electron chi connectivity index (χ2n) is 5.17. The van der Waals surface area contributed by atoms with Crippen molar-refractivity contribution in [1.82, 2.24) is 0 Å². The summed E-state index contributed by atoms with van der Waals surface area (Å²) < 4.78 is 13.9. The lowest BCUT2D eigenvalue weighted by Crippen LogP contribution is -1.99. The topological polar surface area (TPSA) is 12.4 Å². The summed E-state index contributed by atoms with van der Waals surface area (Å²) >= 11 is 3.38. The zero-order valence-corrected chi connectivity index (χ0v) is 13.9. The third-order valence-corrected chi connectivity index (χ3v) is 4.24. The highest BCUT2D eigenvalue weighted by atomic mass is 79.9. The normalized spacial score (nSPS) is 11.3. The van der Waals surface area contributed by atoms with Gasteiger partial charge >= 0.3 is 0 Å². The van der Waals surface area contributed by atoms with Crippen molar-refractivity contribution in [3.63, 3.8) is 0 Å². The second kappa shape index (κ2) is 7.34. The lowest BCUT2D eigenvalue weighted by molar-refractivity contribution is 0.627. The van der Waals surface area contributed by atoms with Gasteiger partial charge < -0.3 is 0 Å². The van der Waals surface area contributed by atoms with E-state index in [1.165, 1.54) is 12.1 Å². The van der Waals surface area contributed by atoms with Crippen molar-refractivity contribution in [2.75, 3.05) is 0 Å². The highest BCUT2D eigenvalue weighted by Gasteiger charge is 2.11. The van der Waals surface area contributed by atoms with Gasteiger partial charge in [0.1, 0.15) is 5.82 Å². The van der Waals surface area contributed by atoms with Gasteiger partial charge in [0, 0.05) is 16.3 Å². The molecule has 23 heavy (non-hydrogen) atoms. The summed E-state index contributed by atoms with van der Waals surface area (Å²) in [5.74, 6) is -0.267. The molecule has 0 amide bonds. The highest BCUT2D eigenvalue weighted by molar-refractivity contribution is 9.10. The Bertz CT molecular complexity index is 761. The molecule has 3 heteroatoms. The number of rotatable bonds is 4. The SMILES string of the molecule is Fc1ccc(/C=N/C(c2ccccc2)c2ccccc2)c(Br)c1. The van der Waals surface area contributed by atoms with Gasteiger partial charge in [0.25, 0.3) is 0 Å². The molecule has 0 fully saturated rings. The fourth-order valence-electron chi connectivity index (χ4n) is 2.40. The average Bonchev–Trinajstić information content (AvgIpc) is 2.59. The maximum Gasteiger partial charge on any atom is 0.124 e. The van der Waals surface area contributed by atoms with Gasteiger partial charge in [-0.05, 0) is 29.3 Å². The minimum absolute atomic E-state index is 0.0886. The summed E-state index contributed by atoms with van der Waals surface area (Å²) in [7, 11) is 0. The predicted molar refractivity (Wildman–Crippen MR) is 96.4 cm³/mol. The number of aliphatic imine (C=N–C) groups is 1. The van der Waals surface area contributed by atoms with Crippen molar-refractivity contribution in [3.8, 4) is 0 Å². The van der Waals surface area contributed by atoms with Crippen LogP contribution in [-0.4, -0.2) is 6.21 Å². The first kappa shape index (κ1) is 15.6. The van der Waals surface area contributed by atoms with Crippen LogP contribution in [0.25, 0.3) is 0 Å². The molecular formula is C20H15BrFN. The Kier molecular flexibility index (Phi) is 4.99. The van der Waals surface area contributed by atoms with Gasteiger partial charge in [-0.2, -0.15) is 0 Å². The lowest BCUT2D eigenvalue weighted by Gasteiger charge is -2.13. The van der Waals surface area contributed by atoms with Crippen LogP contribution in [0, 0.1) is 5.82 Å². The van der Waals surface area contributed by atoms with Crippen LogP contribution < -0.4 is 0 Å². The molecule has 0 saturated heterocycles. The Balaban J connectivity index is 1.98. The largest absolute Gasteiger partial charge is 0.280 e. The van der Waals surface area contributed by atoms with E-state index in [1.54, 1.807) is 12.3 Å². The fourth-order valence-corrected chi connectivity index (χ4v) is 2.85. The summed E-state index contributed by atoms with van der Waals surface area (Å²) in [6, 6.07) is 24.8. The molecule has 0 radical (unpaired) electrons. The smallest absolute Gasteiger partial charge is 0.124 e. The van der Waals surface area contributed by atoms with Crippen LogP contribution in [0.1, 0.15) is 22.7 Å². The molecule has 114 valence electrons. The van der Waals surface area contributed by atoms with E-state index in [1.807, 2.05) is 36.4 Å². The van der Waals surface area contributed by atoms with Crippen molar-refractivity contribution in [1.29, 1.82) is 0 Å². The molecule has 0 N–H and O–H groups in total. The molecular weight excluding hydrogens is 353 g/mol. The van der Waals surface area contributed by atoms with Crippen molar-refractivity contribution < 1.29 is 4.39 Å². The van der Waals surface area contributed by atoms with Crippen molar-refractivity contribution >= 4 is 22.1 Å². The molecule has 0 aliphatic rings. The molecule has 3 aromatic carbocycles. The molecule has 3 rings (SSSR count). The first-order valence-corrected chi connectivity index (χ1v) is 8.11. The number of hydrogen-bond donors (Lipinski definition) is 0. The molecule has 0 unspecified atom stereocenters. The third kappa shape index (κ3) is 3.93. The van der Waals surface area contributed by atoms with Gasteiger partial charge in [-0.3, -0.25) is 4.99 Å². The summed E-state index contributed by atoms with van der Waals surface area (Å²) in [4.78, 5) is 4.75. The van der Waals surface area contributed by atoms with Gasteiger partial charge in [0.2, 0.25) is 0 Å². The summed E-state index contributed by atoms with van der Waals surface area (Å²) in [6.45, 7) is 0. The minimum Gasteiger partial charge on any atom is -0.280 e. The van der Waals surface area contributed by atoms with Crippen LogP contribution in [0.3, 0.4) is 0 Å². The van der Waals surface area contributed by atoms with Crippen molar-refractivity contribution in [2.45, 2.75) is 6.04 Å². The molecule has 0 heterocycles. The molecule has 0 aliphatic carbocycles. The van der Waals surface area contributed by atoms with Gasteiger partial charge in [0.05, 0.1) is 6.04 Å². The van der Waals surface area contributed by atoms with Gasteiger partial charge in [-0.1, -0.05) is 76.6 Å². The van der Waals surface area contributed by atoms with Crippen LogP contribution >= 0.6 is 15.9 Å². The lowest BCUT2D eigenvalue weighted by atomic mass is 9.99. The van der Waals surface area contributed by atoms with E-state index in [-0.39, 0.29) is 11.9 Å². The van der Waals surface area contributed by atoms with Gasteiger partial charge in [-0.15, -0.1) is 0 Å². The van der Waals surface area contributed by atoms with Gasteiger partial charge in [-0.25, -0.2) is 4.39 Å². The predicted octanol–water partition coefficient (Wildman–Crippen LogP) is 5.80. The zero-order chi connectivity index (χ0) is 16.1. The number of hydrogen-bond acceptors (Lipinski definition) is 1. The number of benzene rings is 3. The van der Waals surface area contributed by atoms with E-state index in [0.29, 0.717) is 4.47 Å². The van der Waals surface area contributed by atoms with E-state index in [4.69, 9.17) is 4.99 Å². The monoisotopic (exact) mass is 367 g/mol. The quantitative estimate of drug-likeness (QED) is 0.517. The van der Waals surface area contributed by atoms with Crippen LogP contribution in [-0.2, 0) is 0 Å². The van der Waals surface area contributed by atoms with Crippen LogP contribution in [0.15, 0.2) is 88.3 Å². The molecule has 0 saturated carbocycles.